The number of pyridine rings is 1. The first-order valence-electron chi connectivity index (χ1n) is 12.0. The third-order valence-electron chi connectivity index (χ3n) is 6.39. The Balaban J connectivity index is 1.74. The van der Waals surface area contributed by atoms with Gasteiger partial charge in [0.15, 0.2) is 5.78 Å². The number of aromatic nitrogens is 1. The Bertz CT molecular complexity index is 1340. The standard InChI is InChI=1S/C27H31N3O5S/c1-5-35-20-12-10-19(11-13-20)22-15-14-21(25(28-22)30-17-18(2)16-27(30,3)4)26(32)29-36(33,34)24-9-7-6-8-23(24)31/h6-7,9-15,18H,5,8,16-17H2,1-4H3,(H,29,32)/t18-/m0/s1. The van der Waals surface area contributed by atoms with Gasteiger partial charge in [-0.2, -0.15) is 0 Å². The van der Waals surface area contributed by atoms with Crippen molar-refractivity contribution in [3.05, 3.63) is 65.1 Å². The molecule has 1 aliphatic carbocycles. The number of carbonyl (C=O) groups excluding carboxylic acids is 2. The van der Waals surface area contributed by atoms with E-state index in [9.17, 15) is 18.0 Å². The van der Waals surface area contributed by atoms with Crippen molar-refractivity contribution in [3.8, 4) is 17.0 Å². The van der Waals surface area contributed by atoms with E-state index in [0.29, 0.717) is 30.6 Å². The highest BCUT2D eigenvalue weighted by molar-refractivity contribution is 7.95. The highest BCUT2D eigenvalue weighted by Crippen LogP contribution is 2.38. The van der Waals surface area contributed by atoms with E-state index in [1.807, 2.05) is 31.2 Å². The molecule has 1 atom stereocenters. The Labute approximate surface area is 212 Å². The third kappa shape index (κ3) is 5.21. The molecular weight excluding hydrogens is 478 g/mol. The molecule has 4 rings (SSSR count). The monoisotopic (exact) mass is 509 g/mol. The molecule has 0 bridgehead atoms. The number of anilines is 1. The molecule has 2 aromatic rings. The number of allylic oxidation sites excluding steroid dienone is 4. The van der Waals surface area contributed by atoms with Gasteiger partial charge in [0.1, 0.15) is 16.5 Å². The number of amides is 1. The van der Waals surface area contributed by atoms with E-state index in [4.69, 9.17) is 9.72 Å². The van der Waals surface area contributed by atoms with Gasteiger partial charge < -0.3 is 9.64 Å². The molecule has 1 saturated heterocycles. The first kappa shape index (κ1) is 25.6. The molecule has 0 spiro atoms. The zero-order chi connectivity index (χ0) is 26.1. The molecule has 1 N–H and O–H groups in total. The van der Waals surface area contributed by atoms with Gasteiger partial charge in [-0.15, -0.1) is 0 Å². The van der Waals surface area contributed by atoms with Crippen LogP contribution in [0, 0.1) is 5.92 Å². The van der Waals surface area contributed by atoms with Crippen molar-refractivity contribution in [1.82, 2.24) is 9.71 Å². The van der Waals surface area contributed by atoms with Crippen molar-refractivity contribution < 1.29 is 22.7 Å². The minimum Gasteiger partial charge on any atom is -0.494 e. The minimum absolute atomic E-state index is 0.0234. The van der Waals surface area contributed by atoms with E-state index in [-0.39, 0.29) is 17.5 Å². The fourth-order valence-electron chi connectivity index (χ4n) is 4.84. The van der Waals surface area contributed by atoms with E-state index in [1.165, 1.54) is 12.2 Å². The molecule has 1 fully saturated rings. The van der Waals surface area contributed by atoms with Gasteiger partial charge in [-0.3, -0.25) is 9.59 Å². The molecule has 9 heteroatoms. The molecule has 8 nitrogen and oxygen atoms in total. The summed E-state index contributed by atoms with van der Waals surface area (Å²) in [6.07, 6.45) is 5.15. The molecule has 36 heavy (non-hydrogen) atoms. The highest BCUT2D eigenvalue weighted by Gasteiger charge is 2.39. The summed E-state index contributed by atoms with van der Waals surface area (Å²) in [5, 5.41) is 0. The topological polar surface area (TPSA) is 106 Å². The van der Waals surface area contributed by atoms with Gasteiger partial charge >= 0.3 is 0 Å². The zero-order valence-corrected chi connectivity index (χ0v) is 21.8. The van der Waals surface area contributed by atoms with Crippen LogP contribution in [0.15, 0.2) is 59.5 Å². The molecule has 0 radical (unpaired) electrons. The van der Waals surface area contributed by atoms with Crippen LogP contribution in [0.3, 0.4) is 0 Å². The molecule has 1 aromatic heterocycles. The fraction of sp³-hybridized carbons (Fsp3) is 0.370. The molecule has 190 valence electrons. The lowest BCUT2D eigenvalue weighted by molar-refractivity contribution is -0.114. The molecule has 0 saturated carbocycles. The maximum atomic E-state index is 13.3. The molecule has 1 aromatic carbocycles. The number of benzene rings is 1. The van der Waals surface area contributed by atoms with Crippen molar-refractivity contribution >= 4 is 27.5 Å². The largest absolute Gasteiger partial charge is 0.494 e. The number of sulfonamides is 1. The molecule has 2 heterocycles. The fourth-order valence-corrected chi connectivity index (χ4v) is 5.94. The second-order valence-electron chi connectivity index (χ2n) is 9.78. The summed E-state index contributed by atoms with van der Waals surface area (Å²) in [5.74, 6) is 0.143. The number of ether oxygens (including phenoxy) is 1. The maximum absolute atomic E-state index is 13.3. The lowest BCUT2D eigenvalue weighted by atomic mass is 9.97. The van der Waals surface area contributed by atoms with Crippen molar-refractivity contribution in [2.24, 2.45) is 5.92 Å². The van der Waals surface area contributed by atoms with Crippen LogP contribution in [0.4, 0.5) is 5.82 Å². The van der Waals surface area contributed by atoms with E-state index < -0.39 is 26.6 Å². The molecule has 2 aliphatic rings. The Morgan fingerprint density at radius 3 is 2.53 bits per heavy atom. The summed E-state index contributed by atoms with van der Waals surface area (Å²) < 4.78 is 33.3. The lowest BCUT2D eigenvalue weighted by Gasteiger charge is -2.34. The zero-order valence-electron chi connectivity index (χ0n) is 20.9. The molecule has 1 aliphatic heterocycles. The van der Waals surface area contributed by atoms with Gasteiger partial charge in [-0.25, -0.2) is 18.1 Å². The SMILES string of the molecule is CCOc1ccc(-c2ccc(C(=O)NS(=O)(=O)C3=CC=CCC3=O)c(N3C[C@@H](C)CC3(C)C)n2)cc1. The van der Waals surface area contributed by atoms with Crippen LogP contribution in [0.1, 0.15) is 50.9 Å². The summed E-state index contributed by atoms with van der Waals surface area (Å²) in [6.45, 7) is 9.46. The summed E-state index contributed by atoms with van der Waals surface area (Å²) in [6, 6.07) is 10.8. The van der Waals surface area contributed by atoms with Crippen LogP contribution in [-0.4, -0.2) is 43.8 Å². The van der Waals surface area contributed by atoms with Crippen LogP contribution >= 0.6 is 0 Å². The Hall–Kier alpha value is -3.46. The maximum Gasteiger partial charge on any atom is 0.268 e. The van der Waals surface area contributed by atoms with Gasteiger partial charge in [0.2, 0.25) is 0 Å². The summed E-state index contributed by atoms with van der Waals surface area (Å²) in [7, 11) is -4.33. The quantitative estimate of drug-likeness (QED) is 0.595. The predicted octanol–water partition coefficient (Wildman–Crippen LogP) is 4.24. The number of hydrogen-bond donors (Lipinski definition) is 1. The number of rotatable bonds is 7. The van der Waals surface area contributed by atoms with Crippen LogP contribution < -0.4 is 14.4 Å². The molecule has 1 amide bonds. The minimum atomic E-state index is -4.33. The second-order valence-corrected chi connectivity index (χ2v) is 11.4. The summed E-state index contributed by atoms with van der Waals surface area (Å²) in [5.41, 5.74) is 1.34. The van der Waals surface area contributed by atoms with E-state index >= 15 is 0 Å². The lowest BCUT2D eigenvalue weighted by Crippen LogP contribution is -2.41. The number of hydrogen-bond acceptors (Lipinski definition) is 7. The van der Waals surface area contributed by atoms with Gasteiger partial charge in [0.25, 0.3) is 15.9 Å². The molecule has 0 unspecified atom stereocenters. The van der Waals surface area contributed by atoms with Gasteiger partial charge in [0, 0.05) is 24.1 Å². The van der Waals surface area contributed by atoms with Crippen molar-refractivity contribution in [2.75, 3.05) is 18.1 Å². The normalized spacial score (nSPS) is 19.2. The number of ketones is 1. The summed E-state index contributed by atoms with van der Waals surface area (Å²) in [4.78, 5) is 31.9. The van der Waals surface area contributed by atoms with Crippen LogP contribution in [0.5, 0.6) is 5.75 Å². The third-order valence-corrected chi connectivity index (χ3v) is 7.78. The molecular formula is C27H31N3O5S. The number of carbonyl (C=O) groups is 2. The second kappa shape index (κ2) is 9.89. The number of nitrogens with one attached hydrogen (secondary N) is 1. The van der Waals surface area contributed by atoms with Gasteiger partial charge in [-0.05, 0) is 75.6 Å². The van der Waals surface area contributed by atoms with E-state index in [1.54, 1.807) is 18.2 Å². The van der Waals surface area contributed by atoms with Crippen LogP contribution in [0.2, 0.25) is 0 Å². The number of Topliss-reactive ketones (excluding diaryl/α,β-unsaturated/α-hetero) is 1. The van der Waals surface area contributed by atoms with Gasteiger partial charge in [-0.1, -0.05) is 19.1 Å². The Morgan fingerprint density at radius 1 is 1.19 bits per heavy atom. The first-order chi connectivity index (χ1) is 17.0. The van der Waals surface area contributed by atoms with Gasteiger partial charge in [0.05, 0.1) is 17.9 Å². The van der Waals surface area contributed by atoms with Crippen molar-refractivity contribution in [2.45, 2.75) is 46.1 Å². The average molecular weight is 510 g/mol. The smallest absolute Gasteiger partial charge is 0.268 e. The van der Waals surface area contributed by atoms with E-state index in [0.717, 1.165) is 17.7 Å². The summed E-state index contributed by atoms with van der Waals surface area (Å²) >= 11 is 0. The average Bonchev–Trinajstić information content (AvgIpc) is 3.11. The highest BCUT2D eigenvalue weighted by atomic mass is 32.2. The van der Waals surface area contributed by atoms with E-state index in [2.05, 4.69) is 30.4 Å². The number of nitrogens with zero attached hydrogens (tertiary/aromatic N) is 2. The predicted molar refractivity (Wildman–Crippen MR) is 139 cm³/mol. The Kier molecular flexibility index (Phi) is 7.04. The first-order valence-corrected chi connectivity index (χ1v) is 13.5. The van der Waals surface area contributed by atoms with Crippen LogP contribution in [0.25, 0.3) is 11.3 Å². The van der Waals surface area contributed by atoms with Crippen LogP contribution in [-0.2, 0) is 14.8 Å². The Morgan fingerprint density at radius 2 is 1.92 bits per heavy atom. The van der Waals surface area contributed by atoms with Crippen molar-refractivity contribution in [1.29, 1.82) is 0 Å². The van der Waals surface area contributed by atoms with Crippen molar-refractivity contribution in [3.63, 3.8) is 0 Å².